The first-order valence-electron chi connectivity index (χ1n) is 8.53. The highest BCUT2D eigenvalue weighted by atomic mass is 35.5. The molecule has 0 radical (unpaired) electrons. The Bertz CT molecular complexity index is 1120. The van der Waals surface area contributed by atoms with Crippen molar-refractivity contribution in [1.82, 2.24) is 9.97 Å². The molecule has 0 aliphatic carbocycles. The smallest absolute Gasteiger partial charge is 0.161 e. The lowest BCUT2D eigenvalue weighted by Gasteiger charge is -2.12. The van der Waals surface area contributed by atoms with Crippen molar-refractivity contribution in [3.63, 3.8) is 0 Å². The number of rotatable bonds is 4. The average molecular weight is 417 g/mol. The van der Waals surface area contributed by atoms with Crippen LogP contribution in [0.15, 0.2) is 54.9 Å². The SMILES string of the molecule is COc1cc2cncc(Cc3ccc4nc(C)ccc4c3)c2cc1OC.Cl.Cl. The van der Waals surface area contributed by atoms with E-state index in [1.807, 2.05) is 37.5 Å². The number of pyridine rings is 2. The third-order valence-electron chi connectivity index (χ3n) is 4.63. The Labute approximate surface area is 176 Å². The van der Waals surface area contributed by atoms with Crippen molar-refractivity contribution >= 4 is 46.5 Å². The van der Waals surface area contributed by atoms with Crippen molar-refractivity contribution in [2.75, 3.05) is 14.2 Å². The first-order valence-corrected chi connectivity index (χ1v) is 8.53. The third kappa shape index (κ3) is 4.13. The summed E-state index contributed by atoms with van der Waals surface area (Å²) in [6.07, 6.45) is 4.57. The topological polar surface area (TPSA) is 44.2 Å². The lowest BCUT2D eigenvalue weighted by atomic mass is 9.99. The van der Waals surface area contributed by atoms with Crippen LogP contribution < -0.4 is 9.47 Å². The highest BCUT2D eigenvalue weighted by Gasteiger charge is 2.10. The second kappa shape index (κ2) is 9.09. The van der Waals surface area contributed by atoms with E-state index in [4.69, 9.17) is 9.47 Å². The maximum atomic E-state index is 5.46. The maximum absolute atomic E-state index is 5.46. The predicted octanol–water partition coefficient (Wildman–Crippen LogP) is 5.54. The lowest BCUT2D eigenvalue weighted by Crippen LogP contribution is -1.95. The van der Waals surface area contributed by atoms with Gasteiger partial charge in [-0.15, -0.1) is 24.8 Å². The maximum Gasteiger partial charge on any atom is 0.161 e. The summed E-state index contributed by atoms with van der Waals surface area (Å²) in [5.74, 6) is 1.44. The summed E-state index contributed by atoms with van der Waals surface area (Å²) >= 11 is 0. The molecule has 0 bridgehead atoms. The molecular weight excluding hydrogens is 395 g/mol. The molecule has 28 heavy (non-hydrogen) atoms. The van der Waals surface area contributed by atoms with Gasteiger partial charge in [-0.05, 0) is 60.2 Å². The van der Waals surface area contributed by atoms with Gasteiger partial charge in [0.15, 0.2) is 11.5 Å². The molecule has 0 unspecified atom stereocenters. The van der Waals surface area contributed by atoms with Crippen molar-refractivity contribution in [3.05, 3.63) is 71.7 Å². The molecule has 146 valence electrons. The molecule has 0 fully saturated rings. The molecule has 6 heteroatoms. The molecule has 4 aromatic rings. The number of fused-ring (bicyclic) bond motifs is 2. The molecule has 0 saturated carbocycles. The quantitative estimate of drug-likeness (QED) is 0.437. The molecule has 0 amide bonds. The van der Waals surface area contributed by atoms with Crippen LogP contribution in [0, 0.1) is 6.92 Å². The highest BCUT2D eigenvalue weighted by molar-refractivity contribution is 5.88. The van der Waals surface area contributed by atoms with Crippen molar-refractivity contribution in [1.29, 1.82) is 0 Å². The Morgan fingerprint density at radius 3 is 2.32 bits per heavy atom. The summed E-state index contributed by atoms with van der Waals surface area (Å²) in [5.41, 5.74) is 4.44. The minimum absolute atomic E-state index is 0. The van der Waals surface area contributed by atoms with E-state index in [-0.39, 0.29) is 24.8 Å². The number of benzene rings is 2. The Hall–Kier alpha value is -2.56. The Morgan fingerprint density at radius 2 is 1.57 bits per heavy atom. The van der Waals surface area contributed by atoms with E-state index < -0.39 is 0 Å². The van der Waals surface area contributed by atoms with Crippen molar-refractivity contribution in [2.45, 2.75) is 13.3 Å². The number of ether oxygens (including phenoxy) is 2. The molecule has 0 aliphatic rings. The normalized spacial score (nSPS) is 10.2. The fraction of sp³-hybridized carbons (Fsp3) is 0.182. The van der Waals surface area contributed by atoms with Gasteiger partial charge < -0.3 is 9.47 Å². The van der Waals surface area contributed by atoms with Gasteiger partial charge in [0, 0.05) is 28.9 Å². The number of methoxy groups -OCH3 is 2. The van der Waals surface area contributed by atoms with Gasteiger partial charge >= 0.3 is 0 Å². The summed E-state index contributed by atoms with van der Waals surface area (Å²) < 4.78 is 10.9. The van der Waals surface area contributed by atoms with E-state index >= 15 is 0 Å². The Kier molecular flexibility index (Phi) is 7.05. The molecular formula is C22H22Cl2N2O2. The van der Waals surface area contributed by atoms with Gasteiger partial charge in [0.1, 0.15) is 0 Å². The zero-order chi connectivity index (χ0) is 18.1. The van der Waals surface area contributed by atoms with Gasteiger partial charge in [-0.2, -0.15) is 0 Å². The van der Waals surface area contributed by atoms with Crippen molar-refractivity contribution < 1.29 is 9.47 Å². The van der Waals surface area contributed by atoms with E-state index in [0.29, 0.717) is 5.75 Å². The molecule has 4 nitrogen and oxygen atoms in total. The van der Waals surface area contributed by atoms with Crippen LogP contribution in [0.5, 0.6) is 11.5 Å². The summed E-state index contributed by atoms with van der Waals surface area (Å²) in [7, 11) is 3.30. The number of hydrogen-bond donors (Lipinski definition) is 0. The lowest BCUT2D eigenvalue weighted by molar-refractivity contribution is 0.356. The predicted molar refractivity (Wildman–Crippen MR) is 119 cm³/mol. The molecule has 0 N–H and O–H groups in total. The zero-order valence-electron chi connectivity index (χ0n) is 15.9. The van der Waals surface area contributed by atoms with E-state index in [9.17, 15) is 0 Å². The van der Waals surface area contributed by atoms with E-state index in [1.165, 1.54) is 5.56 Å². The van der Waals surface area contributed by atoms with Gasteiger partial charge in [0.2, 0.25) is 0 Å². The van der Waals surface area contributed by atoms with E-state index in [0.717, 1.165) is 45.1 Å². The largest absolute Gasteiger partial charge is 0.493 e. The number of nitrogens with zero attached hydrogens (tertiary/aromatic N) is 2. The highest BCUT2D eigenvalue weighted by Crippen LogP contribution is 2.34. The molecule has 2 heterocycles. The van der Waals surface area contributed by atoms with E-state index in [1.54, 1.807) is 14.2 Å². The molecule has 0 spiro atoms. The van der Waals surface area contributed by atoms with Crippen molar-refractivity contribution in [3.8, 4) is 11.5 Å². The summed E-state index contributed by atoms with van der Waals surface area (Å²) in [4.78, 5) is 8.98. The van der Waals surface area contributed by atoms with E-state index in [2.05, 4.69) is 34.2 Å². The van der Waals surface area contributed by atoms with Crippen LogP contribution in [-0.4, -0.2) is 24.2 Å². The zero-order valence-corrected chi connectivity index (χ0v) is 17.6. The molecule has 2 aromatic heterocycles. The molecule has 2 aromatic carbocycles. The average Bonchev–Trinajstić information content (AvgIpc) is 2.67. The van der Waals surface area contributed by atoms with Crippen LogP contribution in [0.25, 0.3) is 21.7 Å². The third-order valence-corrected chi connectivity index (χ3v) is 4.63. The summed E-state index contributed by atoms with van der Waals surface area (Å²) in [6.45, 7) is 2.01. The Balaban J connectivity index is 0.00000140. The first kappa shape index (κ1) is 21.7. The number of hydrogen-bond acceptors (Lipinski definition) is 4. The standard InChI is InChI=1S/C22H20N2O2.2ClH/c1-14-4-6-16-8-15(5-7-20(16)24-14)9-17-12-23-13-18-10-21(25-2)22(26-3)11-19(17)18;;/h4-8,10-13H,9H2,1-3H3;2*1H. The van der Waals surface area contributed by atoms with Crippen LogP contribution in [0.1, 0.15) is 16.8 Å². The van der Waals surface area contributed by atoms with Crippen LogP contribution in [0.3, 0.4) is 0 Å². The first-order chi connectivity index (χ1) is 12.7. The van der Waals surface area contributed by atoms with Gasteiger partial charge in [-0.25, -0.2) is 0 Å². The van der Waals surface area contributed by atoms with Gasteiger partial charge in [0.25, 0.3) is 0 Å². The number of aryl methyl sites for hydroxylation is 1. The van der Waals surface area contributed by atoms with Crippen LogP contribution in [0.4, 0.5) is 0 Å². The molecule has 0 aliphatic heterocycles. The fourth-order valence-corrected chi connectivity index (χ4v) is 3.30. The minimum atomic E-state index is 0. The van der Waals surface area contributed by atoms with Gasteiger partial charge in [0.05, 0.1) is 19.7 Å². The second-order valence-electron chi connectivity index (χ2n) is 6.38. The van der Waals surface area contributed by atoms with Gasteiger partial charge in [-0.1, -0.05) is 12.1 Å². The summed E-state index contributed by atoms with van der Waals surface area (Å²) in [5, 5.41) is 3.32. The second-order valence-corrected chi connectivity index (χ2v) is 6.38. The molecule has 0 atom stereocenters. The van der Waals surface area contributed by atoms with Crippen LogP contribution in [-0.2, 0) is 6.42 Å². The van der Waals surface area contributed by atoms with Gasteiger partial charge in [-0.3, -0.25) is 9.97 Å². The van der Waals surface area contributed by atoms with Crippen LogP contribution in [0.2, 0.25) is 0 Å². The fourth-order valence-electron chi connectivity index (χ4n) is 3.30. The number of halogens is 2. The minimum Gasteiger partial charge on any atom is -0.493 e. The van der Waals surface area contributed by atoms with Crippen molar-refractivity contribution in [2.24, 2.45) is 0 Å². The Morgan fingerprint density at radius 1 is 0.821 bits per heavy atom. The monoisotopic (exact) mass is 416 g/mol. The molecule has 4 rings (SSSR count). The molecule has 0 saturated heterocycles. The number of aromatic nitrogens is 2. The van der Waals surface area contributed by atoms with Crippen LogP contribution >= 0.6 is 24.8 Å². The summed E-state index contributed by atoms with van der Waals surface area (Å²) in [6, 6.07) is 14.6.